The van der Waals surface area contributed by atoms with E-state index in [1.165, 1.54) is 6.07 Å². The molecule has 19 heavy (non-hydrogen) atoms. The lowest BCUT2D eigenvalue weighted by Gasteiger charge is -2.09. The van der Waals surface area contributed by atoms with Crippen molar-refractivity contribution in [2.24, 2.45) is 5.92 Å². The van der Waals surface area contributed by atoms with Crippen molar-refractivity contribution >= 4 is 10.0 Å². The summed E-state index contributed by atoms with van der Waals surface area (Å²) in [6.07, 6.45) is 1.61. The summed E-state index contributed by atoms with van der Waals surface area (Å²) in [6, 6.07) is 3.56. The number of rotatable bonds is 7. The minimum absolute atomic E-state index is 0.281. The number of halogens is 1. The summed E-state index contributed by atoms with van der Waals surface area (Å²) >= 11 is 0. The van der Waals surface area contributed by atoms with Gasteiger partial charge in [0.15, 0.2) is 0 Å². The van der Waals surface area contributed by atoms with Crippen LogP contribution in [0.4, 0.5) is 4.39 Å². The Kier molecular flexibility index (Phi) is 5.90. The molecule has 0 amide bonds. The Morgan fingerprint density at radius 1 is 1.37 bits per heavy atom. The second-order valence-electron chi connectivity index (χ2n) is 4.86. The maximum Gasteiger partial charge on any atom is 0.243 e. The van der Waals surface area contributed by atoms with Gasteiger partial charge < -0.3 is 5.11 Å². The average molecular weight is 289 g/mol. The molecule has 0 fully saturated rings. The summed E-state index contributed by atoms with van der Waals surface area (Å²) in [4.78, 5) is -0.413. The zero-order valence-electron chi connectivity index (χ0n) is 11.2. The van der Waals surface area contributed by atoms with Crippen LogP contribution in [0.1, 0.15) is 32.3 Å². The SMILES string of the molecule is CC(C)CCCNS(=O)(=O)c1cc(CO)ccc1F. The van der Waals surface area contributed by atoms with Gasteiger partial charge in [0.05, 0.1) is 6.61 Å². The molecule has 0 spiro atoms. The Balaban J connectivity index is 2.77. The van der Waals surface area contributed by atoms with Crippen LogP contribution in [0.25, 0.3) is 0 Å². The van der Waals surface area contributed by atoms with E-state index in [1.807, 2.05) is 0 Å². The van der Waals surface area contributed by atoms with Gasteiger partial charge in [0, 0.05) is 6.54 Å². The summed E-state index contributed by atoms with van der Waals surface area (Å²) in [5, 5.41) is 8.96. The third-order valence-electron chi connectivity index (χ3n) is 2.72. The molecule has 1 aromatic rings. The van der Waals surface area contributed by atoms with E-state index < -0.39 is 20.7 Å². The van der Waals surface area contributed by atoms with Crippen molar-refractivity contribution in [3.8, 4) is 0 Å². The molecule has 0 atom stereocenters. The molecule has 6 heteroatoms. The lowest BCUT2D eigenvalue weighted by molar-refractivity contribution is 0.281. The number of aliphatic hydroxyl groups excluding tert-OH is 1. The van der Waals surface area contributed by atoms with Crippen LogP contribution in [0.2, 0.25) is 0 Å². The minimum atomic E-state index is -3.86. The zero-order chi connectivity index (χ0) is 14.5. The zero-order valence-corrected chi connectivity index (χ0v) is 12.0. The van der Waals surface area contributed by atoms with E-state index >= 15 is 0 Å². The lowest BCUT2D eigenvalue weighted by atomic mass is 10.1. The fourth-order valence-corrected chi connectivity index (χ4v) is 2.85. The Bertz CT molecular complexity index is 515. The molecular weight excluding hydrogens is 269 g/mol. The Labute approximate surface area is 113 Å². The molecule has 1 rings (SSSR count). The molecular formula is C13H20FNO3S. The van der Waals surface area contributed by atoms with Crippen LogP contribution in [0.15, 0.2) is 23.1 Å². The number of hydrogen-bond acceptors (Lipinski definition) is 3. The minimum Gasteiger partial charge on any atom is -0.392 e. The molecule has 0 saturated carbocycles. The molecule has 0 aliphatic heterocycles. The van der Waals surface area contributed by atoms with Crippen molar-refractivity contribution in [3.05, 3.63) is 29.6 Å². The van der Waals surface area contributed by atoms with E-state index in [1.54, 1.807) is 0 Å². The third-order valence-corrected chi connectivity index (χ3v) is 4.19. The first-order valence-corrected chi connectivity index (χ1v) is 7.74. The van der Waals surface area contributed by atoms with Crippen molar-refractivity contribution in [3.63, 3.8) is 0 Å². The summed E-state index contributed by atoms with van der Waals surface area (Å²) in [6.45, 7) is 4.07. The Hall–Kier alpha value is -0.980. The van der Waals surface area contributed by atoms with Gasteiger partial charge in [0.25, 0.3) is 0 Å². The summed E-state index contributed by atoms with van der Waals surface area (Å²) < 4.78 is 39.8. The van der Waals surface area contributed by atoms with Crippen molar-refractivity contribution in [2.45, 2.75) is 38.2 Å². The fraction of sp³-hybridized carbons (Fsp3) is 0.538. The van der Waals surface area contributed by atoms with Gasteiger partial charge in [-0.15, -0.1) is 0 Å². The molecule has 1 aromatic carbocycles. The normalized spacial score (nSPS) is 12.1. The molecule has 0 bridgehead atoms. The van der Waals surface area contributed by atoms with E-state index in [0.29, 0.717) is 17.9 Å². The van der Waals surface area contributed by atoms with E-state index in [4.69, 9.17) is 5.11 Å². The van der Waals surface area contributed by atoms with Gasteiger partial charge in [0.2, 0.25) is 10.0 Å². The van der Waals surface area contributed by atoms with Gasteiger partial charge in [0.1, 0.15) is 10.7 Å². The van der Waals surface area contributed by atoms with Crippen LogP contribution in [-0.4, -0.2) is 20.1 Å². The van der Waals surface area contributed by atoms with E-state index in [-0.39, 0.29) is 13.2 Å². The lowest BCUT2D eigenvalue weighted by Crippen LogP contribution is -2.26. The molecule has 108 valence electrons. The second-order valence-corrected chi connectivity index (χ2v) is 6.59. The highest BCUT2D eigenvalue weighted by molar-refractivity contribution is 7.89. The first-order valence-electron chi connectivity index (χ1n) is 6.25. The number of benzene rings is 1. The van der Waals surface area contributed by atoms with Crippen LogP contribution >= 0.6 is 0 Å². The van der Waals surface area contributed by atoms with E-state index in [0.717, 1.165) is 18.6 Å². The summed E-state index contributed by atoms with van der Waals surface area (Å²) in [5.41, 5.74) is 0.365. The molecule has 0 aromatic heterocycles. The quantitative estimate of drug-likeness (QED) is 0.755. The number of hydrogen-bond donors (Lipinski definition) is 2. The summed E-state index contributed by atoms with van der Waals surface area (Å²) in [7, 11) is -3.86. The topological polar surface area (TPSA) is 66.4 Å². The van der Waals surface area contributed by atoms with Gasteiger partial charge in [-0.3, -0.25) is 0 Å². The van der Waals surface area contributed by atoms with Crippen LogP contribution < -0.4 is 4.72 Å². The maximum absolute atomic E-state index is 13.5. The molecule has 0 aliphatic carbocycles. The smallest absolute Gasteiger partial charge is 0.243 e. The number of aliphatic hydroxyl groups is 1. The highest BCUT2D eigenvalue weighted by Gasteiger charge is 2.18. The number of nitrogens with one attached hydrogen (secondary N) is 1. The molecule has 0 aliphatic rings. The first-order chi connectivity index (χ1) is 8.86. The van der Waals surface area contributed by atoms with Crippen LogP contribution in [0, 0.1) is 11.7 Å². The highest BCUT2D eigenvalue weighted by Crippen LogP contribution is 2.16. The molecule has 0 heterocycles. The maximum atomic E-state index is 13.5. The molecule has 0 unspecified atom stereocenters. The third kappa shape index (κ3) is 4.89. The van der Waals surface area contributed by atoms with Gasteiger partial charge in [-0.2, -0.15) is 0 Å². The van der Waals surface area contributed by atoms with Crippen molar-refractivity contribution < 1.29 is 17.9 Å². The highest BCUT2D eigenvalue weighted by atomic mass is 32.2. The van der Waals surface area contributed by atoms with Gasteiger partial charge in [-0.05, 0) is 36.5 Å². The Morgan fingerprint density at radius 3 is 2.63 bits per heavy atom. The first kappa shape index (κ1) is 16.1. The largest absolute Gasteiger partial charge is 0.392 e. The molecule has 4 nitrogen and oxygen atoms in total. The molecule has 2 N–H and O–H groups in total. The standard InChI is InChI=1S/C13H20FNO3S/c1-10(2)4-3-7-15-19(17,18)13-8-11(9-16)5-6-12(13)14/h5-6,8,10,15-16H,3-4,7,9H2,1-2H3. The van der Waals surface area contributed by atoms with Gasteiger partial charge in [-0.25, -0.2) is 17.5 Å². The Morgan fingerprint density at radius 2 is 2.05 bits per heavy atom. The van der Waals surface area contributed by atoms with Crippen LogP contribution in [-0.2, 0) is 16.6 Å². The molecule has 0 saturated heterocycles. The van der Waals surface area contributed by atoms with Crippen molar-refractivity contribution in [1.29, 1.82) is 0 Å². The molecule has 0 radical (unpaired) electrons. The fourth-order valence-electron chi connectivity index (χ4n) is 1.65. The van der Waals surface area contributed by atoms with Crippen molar-refractivity contribution in [1.82, 2.24) is 4.72 Å². The average Bonchev–Trinajstić information content (AvgIpc) is 2.35. The summed E-state index contributed by atoms with van der Waals surface area (Å²) in [5.74, 6) is -0.312. The van der Waals surface area contributed by atoms with Gasteiger partial charge >= 0.3 is 0 Å². The van der Waals surface area contributed by atoms with Gasteiger partial charge in [-0.1, -0.05) is 19.9 Å². The second kappa shape index (κ2) is 6.98. The number of sulfonamides is 1. The van der Waals surface area contributed by atoms with E-state index in [2.05, 4.69) is 18.6 Å². The van der Waals surface area contributed by atoms with E-state index in [9.17, 15) is 12.8 Å². The van der Waals surface area contributed by atoms with Crippen LogP contribution in [0.5, 0.6) is 0 Å². The predicted octanol–water partition coefficient (Wildman–Crippen LogP) is 2.03. The van der Waals surface area contributed by atoms with Crippen LogP contribution in [0.3, 0.4) is 0 Å². The monoisotopic (exact) mass is 289 g/mol. The van der Waals surface area contributed by atoms with Crippen molar-refractivity contribution in [2.75, 3.05) is 6.54 Å². The predicted molar refractivity (Wildman–Crippen MR) is 71.6 cm³/mol.